The number of phenolic OH excluding ortho intramolecular Hbond substituents is 2. The van der Waals surface area contributed by atoms with Crippen LogP contribution in [0.15, 0.2) is 12.1 Å². The Bertz CT molecular complexity index is 818. The lowest BCUT2D eigenvalue weighted by Gasteiger charge is -2.20. The Kier molecular flexibility index (Phi) is 6.67. The molecule has 2 rings (SSSR count). The van der Waals surface area contributed by atoms with Crippen LogP contribution in [0.25, 0.3) is 0 Å². The van der Waals surface area contributed by atoms with Gasteiger partial charge in [-0.2, -0.15) is 0 Å². The quantitative estimate of drug-likeness (QED) is 0.474. The molecule has 2 nitrogen and oxygen atoms in total. The second kappa shape index (κ2) is 8.02. The van der Waals surface area contributed by atoms with Gasteiger partial charge in [-0.1, -0.05) is 78.8 Å². The van der Waals surface area contributed by atoms with Crippen LogP contribution in [0, 0.1) is 0 Å². The minimum absolute atomic E-state index is 0.00206. The number of aromatic hydroxyl groups is 2. The summed E-state index contributed by atoms with van der Waals surface area (Å²) in [5, 5.41) is 22.1. The van der Waals surface area contributed by atoms with Crippen molar-refractivity contribution in [1.82, 2.24) is 0 Å². The fourth-order valence-corrected chi connectivity index (χ4v) is 4.25. The van der Waals surface area contributed by atoms with Crippen LogP contribution in [0.5, 0.6) is 11.5 Å². The van der Waals surface area contributed by atoms with Gasteiger partial charge in [0.15, 0.2) is 0 Å². The van der Waals surface area contributed by atoms with Gasteiger partial charge in [-0.15, -0.1) is 0 Å². The van der Waals surface area contributed by atoms with E-state index in [0.717, 1.165) is 0 Å². The summed E-state index contributed by atoms with van der Waals surface area (Å²) in [6.07, 6.45) is 0.383. The average Bonchev–Trinajstić information content (AvgIpc) is 2.50. The molecular formula is C18H17Cl5O2. The maximum atomic E-state index is 10.6. The van der Waals surface area contributed by atoms with Crippen LogP contribution in [0.4, 0.5) is 0 Å². The lowest BCUT2D eigenvalue weighted by molar-refractivity contribution is 0.450. The first-order chi connectivity index (χ1) is 11.6. The molecule has 0 radical (unpaired) electrons. The summed E-state index contributed by atoms with van der Waals surface area (Å²) in [5.41, 5.74) is 1.68. The van der Waals surface area contributed by atoms with Crippen molar-refractivity contribution in [3.05, 3.63) is 53.9 Å². The lowest BCUT2D eigenvalue weighted by Crippen LogP contribution is -2.03. The third-order valence-electron chi connectivity index (χ3n) is 4.08. The molecule has 1 atom stereocenters. The van der Waals surface area contributed by atoms with E-state index in [1.54, 1.807) is 6.07 Å². The SMILES string of the molecule is CC(C)c1c(O)c(CC(C)c2c(O)cc(Cl)c(Cl)c2Cl)cc(Cl)c1Cl. The minimum Gasteiger partial charge on any atom is -0.508 e. The molecule has 0 bridgehead atoms. The first-order valence-corrected chi connectivity index (χ1v) is 9.51. The molecule has 0 aromatic heterocycles. The van der Waals surface area contributed by atoms with Gasteiger partial charge in [-0.05, 0) is 29.9 Å². The van der Waals surface area contributed by atoms with Gasteiger partial charge in [0.2, 0.25) is 0 Å². The molecule has 7 heteroatoms. The van der Waals surface area contributed by atoms with E-state index in [1.165, 1.54) is 6.07 Å². The molecule has 0 spiro atoms. The molecule has 0 saturated heterocycles. The fourth-order valence-electron chi connectivity index (χ4n) is 2.87. The summed E-state index contributed by atoms with van der Waals surface area (Å²) >= 11 is 30.7. The van der Waals surface area contributed by atoms with E-state index in [9.17, 15) is 10.2 Å². The van der Waals surface area contributed by atoms with E-state index in [4.69, 9.17) is 58.0 Å². The molecule has 0 aliphatic rings. The highest BCUT2D eigenvalue weighted by molar-refractivity contribution is 6.48. The standard InChI is InChI=1S/C18H17Cl5O2/c1-7(2)13-15(21)10(19)5-9(18(13)25)4-8(3)14-12(24)6-11(20)16(22)17(14)23/h5-8,24-25H,4H2,1-3H3. The van der Waals surface area contributed by atoms with Gasteiger partial charge in [0, 0.05) is 17.2 Å². The van der Waals surface area contributed by atoms with Gasteiger partial charge < -0.3 is 10.2 Å². The highest BCUT2D eigenvalue weighted by Crippen LogP contribution is 2.45. The number of hydrogen-bond donors (Lipinski definition) is 2. The molecule has 136 valence electrons. The van der Waals surface area contributed by atoms with Crippen molar-refractivity contribution in [3.63, 3.8) is 0 Å². The highest BCUT2D eigenvalue weighted by Gasteiger charge is 2.23. The molecule has 25 heavy (non-hydrogen) atoms. The Balaban J connectivity index is 2.50. The molecule has 0 fully saturated rings. The van der Waals surface area contributed by atoms with Crippen LogP contribution in [0.3, 0.4) is 0 Å². The first-order valence-electron chi connectivity index (χ1n) is 7.62. The summed E-state index contributed by atoms with van der Waals surface area (Å²) in [4.78, 5) is 0. The molecule has 2 aromatic rings. The Labute approximate surface area is 172 Å². The van der Waals surface area contributed by atoms with Crippen molar-refractivity contribution in [2.75, 3.05) is 0 Å². The first kappa shape index (κ1) is 20.8. The number of benzene rings is 2. The van der Waals surface area contributed by atoms with E-state index < -0.39 is 0 Å². The molecule has 0 aliphatic heterocycles. The Morgan fingerprint density at radius 1 is 0.800 bits per heavy atom. The predicted octanol–water partition coefficient (Wildman–Crippen LogP) is 7.83. The lowest BCUT2D eigenvalue weighted by atomic mass is 9.90. The van der Waals surface area contributed by atoms with Crippen molar-refractivity contribution < 1.29 is 10.2 Å². The molecule has 0 saturated carbocycles. The Hall–Kier alpha value is -0.510. The summed E-state index contributed by atoms with van der Waals surface area (Å²) in [5.74, 6) is -0.185. The summed E-state index contributed by atoms with van der Waals surface area (Å²) in [6.45, 7) is 5.71. The maximum Gasteiger partial charge on any atom is 0.123 e. The predicted molar refractivity (Wildman–Crippen MR) is 107 cm³/mol. The monoisotopic (exact) mass is 440 g/mol. The van der Waals surface area contributed by atoms with Crippen LogP contribution in [0.2, 0.25) is 25.1 Å². The fraction of sp³-hybridized carbons (Fsp3) is 0.333. The molecule has 2 aromatic carbocycles. The van der Waals surface area contributed by atoms with Crippen molar-refractivity contribution in [3.8, 4) is 11.5 Å². The number of halogens is 5. The zero-order valence-corrected chi connectivity index (χ0v) is 17.6. The summed E-state index contributed by atoms with van der Waals surface area (Å²) in [6, 6.07) is 2.99. The van der Waals surface area contributed by atoms with Crippen LogP contribution >= 0.6 is 58.0 Å². The highest BCUT2D eigenvalue weighted by atomic mass is 35.5. The second-order valence-corrected chi connectivity index (χ2v) is 8.22. The largest absolute Gasteiger partial charge is 0.508 e. The number of rotatable bonds is 4. The van der Waals surface area contributed by atoms with E-state index in [0.29, 0.717) is 33.2 Å². The zero-order valence-electron chi connectivity index (χ0n) is 13.8. The zero-order chi connectivity index (χ0) is 19.0. The van der Waals surface area contributed by atoms with E-state index in [1.807, 2.05) is 20.8 Å². The van der Waals surface area contributed by atoms with Crippen LogP contribution in [-0.4, -0.2) is 10.2 Å². The van der Waals surface area contributed by atoms with Gasteiger partial charge in [-0.25, -0.2) is 0 Å². The minimum atomic E-state index is -0.245. The van der Waals surface area contributed by atoms with E-state index in [2.05, 4.69) is 0 Å². The summed E-state index contributed by atoms with van der Waals surface area (Å²) < 4.78 is 0. The van der Waals surface area contributed by atoms with Crippen molar-refractivity contribution in [2.45, 2.75) is 39.0 Å². The molecular weight excluding hydrogens is 425 g/mol. The van der Waals surface area contributed by atoms with Gasteiger partial charge in [0.25, 0.3) is 0 Å². The van der Waals surface area contributed by atoms with E-state index >= 15 is 0 Å². The number of phenols is 2. The molecule has 1 unspecified atom stereocenters. The molecule has 2 N–H and O–H groups in total. The van der Waals surface area contributed by atoms with E-state index in [-0.39, 0.29) is 38.4 Å². The molecule has 0 amide bonds. The second-order valence-electron chi connectivity index (χ2n) is 6.27. The smallest absolute Gasteiger partial charge is 0.123 e. The van der Waals surface area contributed by atoms with Gasteiger partial charge in [0.1, 0.15) is 11.5 Å². The van der Waals surface area contributed by atoms with Crippen molar-refractivity contribution in [2.24, 2.45) is 0 Å². The number of hydrogen-bond acceptors (Lipinski definition) is 2. The van der Waals surface area contributed by atoms with Crippen LogP contribution in [0.1, 0.15) is 49.3 Å². The molecule has 0 heterocycles. The van der Waals surface area contributed by atoms with Crippen molar-refractivity contribution in [1.29, 1.82) is 0 Å². The van der Waals surface area contributed by atoms with Crippen LogP contribution in [-0.2, 0) is 6.42 Å². The van der Waals surface area contributed by atoms with Gasteiger partial charge in [0.05, 0.1) is 25.1 Å². The Morgan fingerprint density at radius 3 is 1.92 bits per heavy atom. The summed E-state index contributed by atoms with van der Waals surface area (Å²) in [7, 11) is 0. The normalized spacial score (nSPS) is 12.7. The third kappa shape index (κ3) is 4.09. The van der Waals surface area contributed by atoms with Crippen molar-refractivity contribution >= 4 is 58.0 Å². The maximum absolute atomic E-state index is 10.6. The molecule has 0 aliphatic carbocycles. The Morgan fingerprint density at radius 2 is 1.36 bits per heavy atom. The topological polar surface area (TPSA) is 40.5 Å². The van der Waals surface area contributed by atoms with Crippen LogP contribution < -0.4 is 0 Å². The third-order valence-corrected chi connectivity index (χ3v) is 6.16. The average molecular weight is 443 g/mol. The van der Waals surface area contributed by atoms with Gasteiger partial charge >= 0.3 is 0 Å². The van der Waals surface area contributed by atoms with Gasteiger partial charge in [-0.3, -0.25) is 0 Å².